The molecule has 0 radical (unpaired) electrons. The molecule has 0 aliphatic carbocycles. The molecule has 2 N–H and O–H groups in total. The van der Waals surface area contributed by atoms with Crippen molar-refractivity contribution in [2.75, 3.05) is 0 Å². The third-order valence-electron chi connectivity index (χ3n) is 1.34. The predicted molar refractivity (Wildman–Crippen MR) is 43.6 cm³/mol. The lowest BCUT2D eigenvalue weighted by molar-refractivity contribution is 0.458. The van der Waals surface area contributed by atoms with Crippen LogP contribution in [0.15, 0.2) is 23.8 Å². The van der Waals surface area contributed by atoms with E-state index in [4.69, 9.17) is 5.11 Å². The van der Waals surface area contributed by atoms with Crippen molar-refractivity contribution in [3.05, 3.63) is 23.8 Å². The zero-order valence-electron chi connectivity index (χ0n) is 5.61. The number of thiazole rings is 1. The largest absolute Gasteiger partial charge is 0.493 e. The van der Waals surface area contributed by atoms with Gasteiger partial charge in [0.2, 0.25) is 5.88 Å². The van der Waals surface area contributed by atoms with E-state index in [1.54, 1.807) is 5.38 Å². The third kappa shape index (κ3) is 1.12. The maximum absolute atomic E-state index is 8.94. The van der Waals surface area contributed by atoms with E-state index in [-0.39, 0.29) is 5.88 Å². The zero-order chi connectivity index (χ0) is 7.68. The molecule has 0 atom stereocenters. The fourth-order valence-corrected chi connectivity index (χ4v) is 1.53. The average Bonchev–Trinajstić information content (AvgIpc) is 2.55. The zero-order valence-corrected chi connectivity index (χ0v) is 6.43. The van der Waals surface area contributed by atoms with Crippen LogP contribution >= 0.6 is 11.3 Å². The van der Waals surface area contributed by atoms with Crippen LogP contribution in [0.1, 0.15) is 0 Å². The van der Waals surface area contributed by atoms with Crippen molar-refractivity contribution < 1.29 is 5.11 Å². The molecule has 0 unspecified atom stereocenters. The Kier molecular flexibility index (Phi) is 1.40. The number of aromatic amines is 1. The van der Waals surface area contributed by atoms with Crippen LogP contribution < -0.4 is 0 Å². The summed E-state index contributed by atoms with van der Waals surface area (Å²) in [4.78, 5) is 6.83. The van der Waals surface area contributed by atoms with Gasteiger partial charge in [0.15, 0.2) is 0 Å². The van der Waals surface area contributed by atoms with Crippen LogP contribution in [-0.2, 0) is 0 Å². The van der Waals surface area contributed by atoms with Gasteiger partial charge in [0.05, 0.1) is 5.38 Å². The molecular weight excluding hydrogens is 160 g/mol. The van der Waals surface area contributed by atoms with E-state index in [9.17, 15) is 0 Å². The molecular formula is C7H6N2OS. The summed E-state index contributed by atoms with van der Waals surface area (Å²) in [7, 11) is 0. The Labute approximate surface area is 67.4 Å². The van der Waals surface area contributed by atoms with Gasteiger partial charge in [-0.2, -0.15) is 0 Å². The molecule has 0 aromatic carbocycles. The molecule has 3 nitrogen and oxygen atoms in total. The minimum atomic E-state index is 0.0891. The molecule has 2 rings (SSSR count). The van der Waals surface area contributed by atoms with Gasteiger partial charge in [-0.3, -0.25) is 0 Å². The Morgan fingerprint density at radius 3 is 3.00 bits per heavy atom. The summed E-state index contributed by atoms with van der Waals surface area (Å²) < 4.78 is 0. The summed E-state index contributed by atoms with van der Waals surface area (Å²) >= 11 is 1.43. The maximum Gasteiger partial charge on any atom is 0.222 e. The number of aromatic hydroxyl groups is 1. The van der Waals surface area contributed by atoms with Crippen molar-refractivity contribution in [1.29, 1.82) is 0 Å². The number of aromatic nitrogens is 2. The minimum Gasteiger partial charge on any atom is -0.493 e. The summed E-state index contributed by atoms with van der Waals surface area (Å²) in [6.45, 7) is 0. The van der Waals surface area contributed by atoms with Crippen LogP contribution in [0.25, 0.3) is 10.6 Å². The Hall–Kier alpha value is -1.29. The van der Waals surface area contributed by atoms with E-state index in [0.29, 0.717) is 0 Å². The molecule has 0 bridgehead atoms. The highest BCUT2D eigenvalue weighted by Crippen LogP contribution is 2.25. The molecule has 0 fully saturated rings. The topological polar surface area (TPSA) is 48.9 Å². The summed E-state index contributed by atoms with van der Waals surface area (Å²) in [5.74, 6) is 0.0891. The van der Waals surface area contributed by atoms with E-state index in [1.807, 2.05) is 18.5 Å². The van der Waals surface area contributed by atoms with Gasteiger partial charge >= 0.3 is 0 Å². The number of H-pyrrole nitrogens is 1. The van der Waals surface area contributed by atoms with Gasteiger partial charge in [-0.15, -0.1) is 11.3 Å². The van der Waals surface area contributed by atoms with Crippen LogP contribution in [0.3, 0.4) is 0 Å². The summed E-state index contributed by atoms with van der Waals surface area (Å²) in [5.41, 5.74) is 1.01. The van der Waals surface area contributed by atoms with E-state index in [2.05, 4.69) is 9.97 Å². The molecule has 0 aliphatic rings. The van der Waals surface area contributed by atoms with Gasteiger partial charge < -0.3 is 10.1 Å². The molecule has 2 aromatic rings. The van der Waals surface area contributed by atoms with Crippen LogP contribution in [0.4, 0.5) is 0 Å². The van der Waals surface area contributed by atoms with E-state index in [1.165, 1.54) is 11.3 Å². The monoisotopic (exact) mass is 166 g/mol. The number of rotatable bonds is 1. The Morgan fingerprint density at radius 1 is 1.55 bits per heavy atom. The van der Waals surface area contributed by atoms with Crippen molar-refractivity contribution >= 4 is 11.3 Å². The Bertz CT molecular complexity index is 339. The Balaban J connectivity index is 2.45. The van der Waals surface area contributed by atoms with E-state index >= 15 is 0 Å². The minimum absolute atomic E-state index is 0.0891. The highest BCUT2D eigenvalue weighted by Gasteiger charge is 2.02. The van der Waals surface area contributed by atoms with Crippen LogP contribution in [-0.4, -0.2) is 15.1 Å². The summed E-state index contributed by atoms with van der Waals surface area (Å²) in [6.07, 6.45) is 3.67. The van der Waals surface area contributed by atoms with Crippen LogP contribution in [0.5, 0.6) is 5.88 Å². The van der Waals surface area contributed by atoms with Gasteiger partial charge in [-0.1, -0.05) is 0 Å². The van der Waals surface area contributed by atoms with Crippen molar-refractivity contribution in [2.24, 2.45) is 0 Å². The van der Waals surface area contributed by atoms with Gasteiger partial charge in [0, 0.05) is 18.0 Å². The lowest BCUT2D eigenvalue weighted by Gasteiger charge is -1.84. The first-order chi connectivity index (χ1) is 5.36. The molecule has 0 aliphatic heterocycles. The molecule has 11 heavy (non-hydrogen) atoms. The molecule has 56 valence electrons. The molecule has 0 amide bonds. The van der Waals surface area contributed by atoms with Crippen LogP contribution in [0.2, 0.25) is 0 Å². The second kappa shape index (κ2) is 2.39. The number of hydrogen-bond donors (Lipinski definition) is 2. The lowest BCUT2D eigenvalue weighted by atomic mass is 10.4. The first-order valence-electron chi connectivity index (χ1n) is 3.14. The van der Waals surface area contributed by atoms with Gasteiger partial charge in [-0.05, 0) is 6.07 Å². The van der Waals surface area contributed by atoms with Crippen molar-refractivity contribution in [1.82, 2.24) is 9.97 Å². The second-order valence-corrected chi connectivity index (χ2v) is 2.97. The first kappa shape index (κ1) is 6.42. The predicted octanol–water partition coefficient (Wildman–Crippen LogP) is 1.84. The summed E-state index contributed by atoms with van der Waals surface area (Å²) in [5, 5.41) is 11.4. The molecule has 2 heterocycles. The maximum atomic E-state index is 8.94. The van der Waals surface area contributed by atoms with Crippen molar-refractivity contribution in [2.45, 2.75) is 0 Å². The van der Waals surface area contributed by atoms with Gasteiger partial charge in [0.25, 0.3) is 0 Å². The third-order valence-corrected chi connectivity index (χ3v) is 2.22. The van der Waals surface area contributed by atoms with Gasteiger partial charge in [0.1, 0.15) is 5.01 Å². The van der Waals surface area contributed by atoms with E-state index in [0.717, 1.165) is 10.6 Å². The quantitative estimate of drug-likeness (QED) is 0.679. The number of nitrogens with one attached hydrogen (secondary N) is 1. The second-order valence-electron chi connectivity index (χ2n) is 2.11. The molecule has 4 heteroatoms. The highest BCUT2D eigenvalue weighted by atomic mass is 32.1. The molecule has 0 saturated carbocycles. The smallest absolute Gasteiger partial charge is 0.222 e. The van der Waals surface area contributed by atoms with E-state index < -0.39 is 0 Å². The molecule has 2 aromatic heterocycles. The SMILES string of the molecule is Oc1csc(-c2cc[nH]c2)n1. The molecule has 0 saturated heterocycles. The van der Waals surface area contributed by atoms with Crippen LogP contribution in [0, 0.1) is 0 Å². The highest BCUT2D eigenvalue weighted by molar-refractivity contribution is 7.13. The standard InChI is InChI=1S/C7H6N2OS/c10-6-4-11-7(9-6)5-1-2-8-3-5/h1-4,8,10H. The number of hydrogen-bond acceptors (Lipinski definition) is 3. The fraction of sp³-hybridized carbons (Fsp3) is 0. The van der Waals surface area contributed by atoms with Crippen molar-refractivity contribution in [3.63, 3.8) is 0 Å². The Morgan fingerprint density at radius 2 is 2.45 bits per heavy atom. The lowest BCUT2D eigenvalue weighted by Crippen LogP contribution is -1.68. The number of nitrogens with zero attached hydrogens (tertiary/aromatic N) is 1. The average molecular weight is 166 g/mol. The summed E-state index contributed by atoms with van der Waals surface area (Å²) in [6, 6.07) is 1.91. The normalized spacial score (nSPS) is 10.2. The van der Waals surface area contributed by atoms with Crippen molar-refractivity contribution in [3.8, 4) is 16.5 Å². The molecule has 0 spiro atoms. The first-order valence-corrected chi connectivity index (χ1v) is 4.02. The van der Waals surface area contributed by atoms with Gasteiger partial charge in [-0.25, -0.2) is 4.98 Å². The fourth-order valence-electron chi connectivity index (χ4n) is 0.855.